The number of nitrogens with zero attached hydrogens (tertiary/aromatic N) is 3. The van der Waals surface area contributed by atoms with Crippen molar-refractivity contribution in [3.05, 3.63) is 29.0 Å². The summed E-state index contributed by atoms with van der Waals surface area (Å²) in [7, 11) is 0. The number of hydrogen-bond donors (Lipinski definition) is 0. The highest BCUT2D eigenvalue weighted by Gasteiger charge is 2.21. The fourth-order valence-electron chi connectivity index (χ4n) is 2.39. The molecule has 0 amide bonds. The summed E-state index contributed by atoms with van der Waals surface area (Å²) in [6, 6.07) is 6.16. The molecule has 1 aromatic heterocycles. The fourth-order valence-corrected chi connectivity index (χ4v) is 2.76. The lowest BCUT2D eigenvalue weighted by atomic mass is 10.2. The van der Waals surface area contributed by atoms with E-state index in [1.54, 1.807) is 6.33 Å². The second kappa shape index (κ2) is 4.26. The first-order valence-electron chi connectivity index (χ1n) is 5.89. The van der Waals surface area contributed by atoms with E-state index >= 15 is 0 Å². The molecule has 0 spiro atoms. The van der Waals surface area contributed by atoms with Crippen molar-refractivity contribution in [2.45, 2.75) is 13.3 Å². The zero-order valence-corrected chi connectivity index (χ0v) is 11.3. The van der Waals surface area contributed by atoms with E-state index in [2.05, 4.69) is 43.8 Å². The van der Waals surface area contributed by atoms with Crippen molar-refractivity contribution < 1.29 is 0 Å². The first-order valence-corrected chi connectivity index (χ1v) is 6.68. The molecule has 2 aromatic rings. The third-order valence-corrected chi connectivity index (χ3v) is 3.79. The molecule has 3 rings (SSSR count). The first-order chi connectivity index (χ1) is 8.24. The predicted octanol–water partition coefficient (Wildman–Crippen LogP) is 3.24. The minimum Gasteiger partial charge on any atom is -0.356 e. The Morgan fingerprint density at radius 3 is 3.00 bits per heavy atom. The molecule has 0 saturated carbocycles. The summed E-state index contributed by atoms with van der Waals surface area (Å²) in [4.78, 5) is 11.1. The Morgan fingerprint density at radius 1 is 1.35 bits per heavy atom. The molecule has 1 atom stereocenters. The summed E-state index contributed by atoms with van der Waals surface area (Å²) in [5.74, 6) is 1.83. The lowest BCUT2D eigenvalue weighted by Crippen LogP contribution is -2.20. The van der Waals surface area contributed by atoms with Gasteiger partial charge in [0.1, 0.15) is 12.1 Å². The van der Waals surface area contributed by atoms with Crippen molar-refractivity contribution in [2.75, 3.05) is 18.0 Å². The molecule has 4 heteroatoms. The average Bonchev–Trinajstić information content (AvgIpc) is 2.75. The molecule has 1 aromatic carbocycles. The minimum atomic E-state index is 0.757. The SMILES string of the molecule is CC1CCN(c2ncnc3ccc(Br)cc23)C1. The zero-order valence-electron chi connectivity index (χ0n) is 9.73. The maximum Gasteiger partial charge on any atom is 0.139 e. The first kappa shape index (κ1) is 11.0. The molecule has 0 aliphatic carbocycles. The molecule has 1 unspecified atom stereocenters. The van der Waals surface area contributed by atoms with Crippen LogP contribution in [0.3, 0.4) is 0 Å². The van der Waals surface area contributed by atoms with E-state index in [0.29, 0.717) is 0 Å². The van der Waals surface area contributed by atoms with E-state index in [-0.39, 0.29) is 0 Å². The standard InChI is InChI=1S/C13H14BrN3/c1-9-4-5-17(7-9)13-11-6-10(14)2-3-12(11)15-8-16-13/h2-3,6,8-9H,4-5,7H2,1H3. The Morgan fingerprint density at radius 2 is 2.24 bits per heavy atom. The highest BCUT2D eigenvalue weighted by atomic mass is 79.9. The summed E-state index contributed by atoms with van der Waals surface area (Å²) >= 11 is 3.51. The van der Waals surface area contributed by atoms with Gasteiger partial charge in [0.25, 0.3) is 0 Å². The van der Waals surface area contributed by atoms with E-state index in [9.17, 15) is 0 Å². The van der Waals surface area contributed by atoms with Crippen LogP contribution in [0.5, 0.6) is 0 Å². The Labute approximate surface area is 109 Å². The Balaban J connectivity index is 2.12. The lowest BCUT2D eigenvalue weighted by molar-refractivity contribution is 0.659. The quantitative estimate of drug-likeness (QED) is 0.808. The normalized spacial score (nSPS) is 20.1. The summed E-state index contributed by atoms with van der Waals surface area (Å²) < 4.78 is 1.08. The van der Waals surface area contributed by atoms with Gasteiger partial charge >= 0.3 is 0 Å². The van der Waals surface area contributed by atoms with Gasteiger partial charge in [0, 0.05) is 22.9 Å². The minimum absolute atomic E-state index is 0.757. The van der Waals surface area contributed by atoms with Gasteiger partial charge in [-0.25, -0.2) is 9.97 Å². The van der Waals surface area contributed by atoms with Crippen LogP contribution in [-0.2, 0) is 0 Å². The van der Waals surface area contributed by atoms with Gasteiger partial charge in [0.2, 0.25) is 0 Å². The summed E-state index contributed by atoms with van der Waals surface area (Å²) in [5.41, 5.74) is 1.01. The fraction of sp³-hybridized carbons (Fsp3) is 0.385. The zero-order chi connectivity index (χ0) is 11.8. The average molecular weight is 292 g/mol. The molecule has 3 nitrogen and oxygen atoms in total. The molecule has 1 aliphatic rings. The van der Waals surface area contributed by atoms with Gasteiger partial charge in [-0.2, -0.15) is 0 Å². The monoisotopic (exact) mass is 291 g/mol. The second-order valence-corrected chi connectivity index (χ2v) is 5.61. The van der Waals surface area contributed by atoms with Gasteiger partial charge in [0.05, 0.1) is 5.52 Å². The van der Waals surface area contributed by atoms with Crippen molar-refractivity contribution in [3.8, 4) is 0 Å². The van der Waals surface area contributed by atoms with Crippen molar-refractivity contribution >= 4 is 32.7 Å². The number of anilines is 1. The highest BCUT2D eigenvalue weighted by Crippen LogP contribution is 2.29. The van der Waals surface area contributed by atoms with Crippen LogP contribution in [0.4, 0.5) is 5.82 Å². The van der Waals surface area contributed by atoms with Gasteiger partial charge in [-0.05, 0) is 30.5 Å². The predicted molar refractivity (Wildman–Crippen MR) is 73.2 cm³/mol. The van der Waals surface area contributed by atoms with Crippen LogP contribution in [0.15, 0.2) is 29.0 Å². The molecule has 2 heterocycles. The number of rotatable bonds is 1. The van der Waals surface area contributed by atoms with Crippen molar-refractivity contribution in [2.24, 2.45) is 5.92 Å². The maximum atomic E-state index is 4.46. The van der Waals surface area contributed by atoms with E-state index < -0.39 is 0 Å². The van der Waals surface area contributed by atoms with Crippen LogP contribution in [0.25, 0.3) is 10.9 Å². The Bertz CT molecular complexity index is 555. The number of aromatic nitrogens is 2. The number of benzene rings is 1. The van der Waals surface area contributed by atoms with Gasteiger partial charge in [-0.15, -0.1) is 0 Å². The van der Waals surface area contributed by atoms with Crippen molar-refractivity contribution in [1.29, 1.82) is 0 Å². The van der Waals surface area contributed by atoms with E-state index in [1.807, 2.05) is 12.1 Å². The topological polar surface area (TPSA) is 29.0 Å². The van der Waals surface area contributed by atoms with E-state index in [0.717, 1.165) is 40.2 Å². The third kappa shape index (κ3) is 2.02. The van der Waals surface area contributed by atoms with Crippen LogP contribution in [-0.4, -0.2) is 23.1 Å². The largest absolute Gasteiger partial charge is 0.356 e. The highest BCUT2D eigenvalue weighted by molar-refractivity contribution is 9.10. The summed E-state index contributed by atoms with van der Waals surface area (Å²) in [6.45, 7) is 4.48. The molecule has 1 saturated heterocycles. The summed E-state index contributed by atoms with van der Waals surface area (Å²) in [5, 5.41) is 1.14. The van der Waals surface area contributed by atoms with Crippen LogP contribution < -0.4 is 4.90 Å². The number of fused-ring (bicyclic) bond motifs is 1. The van der Waals surface area contributed by atoms with Gasteiger partial charge in [-0.1, -0.05) is 22.9 Å². The van der Waals surface area contributed by atoms with Crippen molar-refractivity contribution in [1.82, 2.24) is 9.97 Å². The molecule has 88 valence electrons. The van der Waals surface area contributed by atoms with Crippen molar-refractivity contribution in [3.63, 3.8) is 0 Å². The molecule has 1 aliphatic heterocycles. The molecular weight excluding hydrogens is 278 g/mol. The molecule has 0 bridgehead atoms. The molecule has 0 N–H and O–H groups in total. The molecule has 0 radical (unpaired) electrons. The van der Waals surface area contributed by atoms with Crippen LogP contribution >= 0.6 is 15.9 Å². The maximum absolute atomic E-state index is 4.46. The molecule has 17 heavy (non-hydrogen) atoms. The van der Waals surface area contributed by atoms with Gasteiger partial charge in [0.15, 0.2) is 0 Å². The number of halogens is 1. The van der Waals surface area contributed by atoms with Gasteiger partial charge in [-0.3, -0.25) is 0 Å². The summed E-state index contributed by atoms with van der Waals surface area (Å²) in [6.07, 6.45) is 2.91. The molecule has 1 fully saturated rings. The molecular formula is C13H14BrN3. The van der Waals surface area contributed by atoms with E-state index in [1.165, 1.54) is 6.42 Å². The smallest absolute Gasteiger partial charge is 0.139 e. The lowest BCUT2D eigenvalue weighted by Gasteiger charge is -2.18. The Kier molecular flexibility index (Phi) is 2.74. The van der Waals surface area contributed by atoms with E-state index in [4.69, 9.17) is 0 Å². The van der Waals surface area contributed by atoms with Crippen LogP contribution in [0.1, 0.15) is 13.3 Å². The third-order valence-electron chi connectivity index (χ3n) is 3.30. The van der Waals surface area contributed by atoms with Gasteiger partial charge < -0.3 is 4.90 Å². The Hall–Kier alpha value is -1.16. The second-order valence-electron chi connectivity index (χ2n) is 4.70. The van der Waals surface area contributed by atoms with Crippen LogP contribution in [0.2, 0.25) is 0 Å². The number of hydrogen-bond acceptors (Lipinski definition) is 3. The van der Waals surface area contributed by atoms with Crippen LogP contribution in [0, 0.1) is 5.92 Å².